The van der Waals surface area contributed by atoms with Crippen LogP contribution in [0.1, 0.15) is 5.56 Å². The van der Waals surface area contributed by atoms with Gasteiger partial charge < -0.3 is 10.1 Å². The number of para-hydroxylation sites is 1. The van der Waals surface area contributed by atoms with Crippen molar-refractivity contribution in [2.45, 2.75) is 4.90 Å². The first kappa shape index (κ1) is 17.6. The molecular weight excluding hydrogens is 348 g/mol. The fourth-order valence-electron chi connectivity index (χ4n) is 2.47. The van der Waals surface area contributed by atoms with Gasteiger partial charge in [-0.15, -0.1) is 11.8 Å². The molecule has 6 nitrogen and oxygen atoms in total. The Morgan fingerprint density at radius 1 is 1.19 bits per heavy atom. The van der Waals surface area contributed by atoms with Crippen molar-refractivity contribution in [1.82, 2.24) is 9.97 Å². The molecule has 0 unspecified atom stereocenters. The number of anilines is 2. The van der Waals surface area contributed by atoms with Crippen molar-refractivity contribution in [2.75, 3.05) is 18.7 Å². The van der Waals surface area contributed by atoms with E-state index in [-0.39, 0.29) is 11.5 Å². The van der Waals surface area contributed by atoms with Crippen molar-refractivity contribution in [2.24, 2.45) is 0 Å². The van der Waals surface area contributed by atoms with Gasteiger partial charge in [0.25, 0.3) is 5.56 Å². The van der Waals surface area contributed by atoms with Gasteiger partial charge in [0.2, 0.25) is 5.95 Å². The number of H-pyrrole nitrogens is 1. The van der Waals surface area contributed by atoms with E-state index in [1.807, 2.05) is 36.6 Å². The molecule has 26 heavy (non-hydrogen) atoms. The zero-order chi connectivity index (χ0) is 18.5. The molecule has 1 heterocycles. The number of hydrogen-bond acceptors (Lipinski definition) is 6. The maximum atomic E-state index is 12.3. The van der Waals surface area contributed by atoms with E-state index in [1.54, 1.807) is 43.1 Å². The zero-order valence-electron chi connectivity index (χ0n) is 14.2. The second kappa shape index (κ2) is 7.76. The molecule has 130 valence electrons. The summed E-state index contributed by atoms with van der Waals surface area (Å²) in [6.45, 7) is 0. The maximum Gasteiger partial charge on any atom is 0.270 e. The van der Waals surface area contributed by atoms with Crippen LogP contribution in [0.3, 0.4) is 0 Å². The third kappa shape index (κ3) is 3.55. The monoisotopic (exact) mass is 364 g/mol. The molecule has 0 amide bonds. The van der Waals surface area contributed by atoms with Crippen LogP contribution in [0.25, 0.3) is 11.3 Å². The number of thioether (sulfide) groups is 1. The van der Waals surface area contributed by atoms with E-state index in [4.69, 9.17) is 4.74 Å². The van der Waals surface area contributed by atoms with Gasteiger partial charge in [-0.05, 0) is 42.7 Å². The van der Waals surface area contributed by atoms with Crippen LogP contribution in [0.4, 0.5) is 11.6 Å². The Bertz CT molecular complexity index is 1020. The Labute approximate surface area is 154 Å². The predicted octanol–water partition coefficient (Wildman–Crippen LogP) is 3.78. The fraction of sp³-hybridized carbons (Fsp3) is 0.105. The van der Waals surface area contributed by atoms with E-state index >= 15 is 0 Å². The predicted molar refractivity (Wildman–Crippen MR) is 103 cm³/mol. The summed E-state index contributed by atoms with van der Waals surface area (Å²) in [7, 11) is 1.58. The summed E-state index contributed by atoms with van der Waals surface area (Å²) >= 11 is 1.58. The fourth-order valence-corrected chi connectivity index (χ4v) is 3.02. The molecule has 0 aliphatic heterocycles. The molecule has 7 heteroatoms. The molecule has 0 radical (unpaired) electrons. The van der Waals surface area contributed by atoms with E-state index in [9.17, 15) is 10.1 Å². The zero-order valence-corrected chi connectivity index (χ0v) is 15.1. The van der Waals surface area contributed by atoms with Crippen molar-refractivity contribution in [3.8, 4) is 23.1 Å². The number of aromatic amines is 1. The normalized spacial score (nSPS) is 10.2. The lowest BCUT2D eigenvalue weighted by molar-refractivity contribution is 0.415. The number of ether oxygens (including phenoxy) is 1. The number of aromatic nitrogens is 2. The third-order valence-electron chi connectivity index (χ3n) is 3.75. The molecule has 0 aliphatic carbocycles. The average molecular weight is 364 g/mol. The van der Waals surface area contributed by atoms with E-state index in [0.717, 1.165) is 10.6 Å². The molecule has 0 saturated heterocycles. The standard InChI is InChI=1S/C19H16N4O2S/c1-25-13-9-7-12(8-10-13)17-14(11-20)18(24)23-19(22-17)21-15-5-3-4-6-16(15)26-2/h3-10H,1-2H3,(H2,21,22,23,24). The first-order valence-corrected chi connectivity index (χ1v) is 8.97. The van der Waals surface area contributed by atoms with Gasteiger partial charge in [0, 0.05) is 10.5 Å². The van der Waals surface area contributed by atoms with E-state index in [1.165, 1.54) is 0 Å². The Hall–Kier alpha value is -3.24. The molecule has 3 rings (SSSR count). The Morgan fingerprint density at radius 3 is 2.58 bits per heavy atom. The third-order valence-corrected chi connectivity index (χ3v) is 4.55. The van der Waals surface area contributed by atoms with Crippen LogP contribution in [-0.4, -0.2) is 23.3 Å². The largest absolute Gasteiger partial charge is 0.497 e. The lowest BCUT2D eigenvalue weighted by atomic mass is 10.1. The van der Waals surface area contributed by atoms with Gasteiger partial charge in [-0.2, -0.15) is 5.26 Å². The molecule has 2 aromatic carbocycles. The average Bonchev–Trinajstić information content (AvgIpc) is 2.68. The van der Waals surface area contributed by atoms with Crippen LogP contribution in [-0.2, 0) is 0 Å². The summed E-state index contributed by atoms with van der Waals surface area (Å²) < 4.78 is 5.15. The van der Waals surface area contributed by atoms with Gasteiger partial charge in [-0.3, -0.25) is 9.78 Å². The molecule has 2 N–H and O–H groups in total. The number of benzene rings is 2. The molecule has 3 aromatic rings. The highest BCUT2D eigenvalue weighted by atomic mass is 32.2. The number of nitrogens with zero attached hydrogens (tertiary/aromatic N) is 2. The Kier molecular flexibility index (Phi) is 5.25. The summed E-state index contributed by atoms with van der Waals surface area (Å²) in [4.78, 5) is 20.5. The number of nitriles is 1. The van der Waals surface area contributed by atoms with Crippen LogP contribution in [0, 0.1) is 11.3 Å². The van der Waals surface area contributed by atoms with E-state index < -0.39 is 5.56 Å². The summed E-state index contributed by atoms with van der Waals surface area (Å²) in [6.07, 6.45) is 1.97. The lowest BCUT2D eigenvalue weighted by Crippen LogP contribution is -2.16. The van der Waals surface area contributed by atoms with Gasteiger partial charge in [-0.1, -0.05) is 12.1 Å². The Balaban J connectivity index is 2.07. The van der Waals surface area contributed by atoms with E-state index in [2.05, 4.69) is 15.3 Å². The van der Waals surface area contributed by atoms with Gasteiger partial charge in [0.1, 0.15) is 17.4 Å². The van der Waals surface area contributed by atoms with Crippen LogP contribution < -0.4 is 15.6 Å². The highest BCUT2D eigenvalue weighted by Crippen LogP contribution is 2.28. The quantitative estimate of drug-likeness (QED) is 0.670. The van der Waals surface area contributed by atoms with Gasteiger partial charge >= 0.3 is 0 Å². The molecule has 0 atom stereocenters. The summed E-state index contributed by atoms with van der Waals surface area (Å²) in [5.74, 6) is 0.964. The van der Waals surface area contributed by atoms with Crippen molar-refractivity contribution in [3.05, 3.63) is 64.4 Å². The highest BCUT2D eigenvalue weighted by Gasteiger charge is 2.14. The molecular formula is C19H16N4O2S. The molecule has 0 fully saturated rings. The first-order valence-electron chi connectivity index (χ1n) is 7.75. The summed E-state index contributed by atoms with van der Waals surface area (Å²) in [5, 5.41) is 12.5. The minimum atomic E-state index is -0.488. The van der Waals surface area contributed by atoms with E-state index in [0.29, 0.717) is 17.0 Å². The van der Waals surface area contributed by atoms with Crippen molar-refractivity contribution in [3.63, 3.8) is 0 Å². The van der Waals surface area contributed by atoms with Crippen LogP contribution in [0.15, 0.2) is 58.2 Å². The van der Waals surface area contributed by atoms with Gasteiger partial charge in [0.15, 0.2) is 0 Å². The smallest absolute Gasteiger partial charge is 0.270 e. The number of methoxy groups -OCH3 is 1. The SMILES string of the molecule is COc1ccc(-c2nc(Nc3ccccc3SC)[nH]c(=O)c2C#N)cc1. The maximum absolute atomic E-state index is 12.3. The number of hydrogen-bond donors (Lipinski definition) is 2. The first-order chi connectivity index (χ1) is 12.7. The highest BCUT2D eigenvalue weighted by molar-refractivity contribution is 7.98. The van der Waals surface area contributed by atoms with Crippen LogP contribution in [0.5, 0.6) is 5.75 Å². The van der Waals surface area contributed by atoms with Crippen LogP contribution >= 0.6 is 11.8 Å². The molecule has 0 bridgehead atoms. The second-order valence-electron chi connectivity index (χ2n) is 5.30. The lowest BCUT2D eigenvalue weighted by Gasteiger charge is -2.11. The topological polar surface area (TPSA) is 90.8 Å². The van der Waals surface area contributed by atoms with Gasteiger partial charge in [0.05, 0.1) is 18.5 Å². The van der Waals surface area contributed by atoms with Crippen molar-refractivity contribution >= 4 is 23.4 Å². The summed E-state index contributed by atoms with van der Waals surface area (Å²) in [5.41, 5.74) is 1.29. The Morgan fingerprint density at radius 2 is 1.92 bits per heavy atom. The minimum Gasteiger partial charge on any atom is -0.497 e. The van der Waals surface area contributed by atoms with Crippen molar-refractivity contribution in [1.29, 1.82) is 5.26 Å². The van der Waals surface area contributed by atoms with Gasteiger partial charge in [-0.25, -0.2) is 4.98 Å². The number of nitrogens with one attached hydrogen (secondary N) is 2. The molecule has 0 saturated carbocycles. The molecule has 0 spiro atoms. The van der Waals surface area contributed by atoms with Crippen molar-refractivity contribution < 1.29 is 4.74 Å². The van der Waals surface area contributed by atoms with Crippen LogP contribution in [0.2, 0.25) is 0 Å². The minimum absolute atomic E-state index is 0.0288. The summed E-state index contributed by atoms with van der Waals surface area (Å²) in [6, 6.07) is 16.7. The molecule has 0 aliphatic rings. The second-order valence-corrected chi connectivity index (χ2v) is 6.15. The molecule has 1 aromatic heterocycles. The number of rotatable bonds is 5.